The molecule has 0 saturated carbocycles. The molecular formula is C15H17N7O. The average molecular weight is 311 g/mol. The number of hydrogen-bond donors (Lipinski definition) is 3. The molecule has 0 unspecified atom stereocenters. The number of nitrogens with zero attached hydrogens (tertiary/aromatic N) is 4. The van der Waals surface area contributed by atoms with E-state index in [0.29, 0.717) is 11.3 Å². The van der Waals surface area contributed by atoms with Crippen LogP contribution in [0, 0.1) is 0 Å². The summed E-state index contributed by atoms with van der Waals surface area (Å²) in [4.78, 5) is 28.9. The molecule has 0 aliphatic heterocycles. The van der Waals surface area contributed by atoms with Gasteiger partial charge in [-0.05, 0) is 12.1 Å². The Morgan fingerprint density at radius 2 is 2.09 bits per heavy atom. The molecule has 0 saturated heterocycles. The number of H-pyrrole nitrogens is 1. The van der Waals surface area contributed by atoms with Crippen LogP contribution in [0.4, 0.5) is 11.6 Å². The number of pyridine rings is 1. The summed E-state index contributed by atoms with van der Waals surface area (Å²) in [6, 6.07) is 3.61. The van der Waals surface area contributed by atoms with Gasteiger partial charge in [0.15, 0.2) is 0 Å². The van der Waals surface area contributed by atoms with E-state index in [2.05, 4.69) is 25.3 Å². The van der Waals surface area contributed by atoms with Gasteiger partial charge in [0.2, 0.25) is 11.9 Å². The van der Waals surface area contributed by atoms with E-state index in [1.54, 1.807) is 32.6 Å². The first-order valence-electron chi connectivity index (χ1n) is 7.05. The molecule has 0 aromatic carbocycles. The van der Waals surface area contributed by atoms with Gasteiger partial charge in [-0.1, -0.05) is 0 Å². The summed E-state index contributed by atoms with van der Waals surface area (Å²) in [5.41, 5.74) is 8.72. The first-order chi connectivity index (χ1) is 11.1. The van der Waals surface area contributed by atoms with Crippen molar-refractivity contribution >= 4 is 28.6 Å². The molecule has 1 amide bonds. The van der Waals surface area contributed by atoms with Crippen LogP contribution in [0.2, 0.25) is 0 Å². The van der Waals surface area contributed by atoms with Gasteiger partial charge in [-0.15, -0.1) is 0 Å². The fourth-order valence-electron chi connectivity index (χ4n) is 2.26. The Kier molecular flexibility index (Phi) is 3.80. The molecule has 3 heterocycles. The number of amides is 1. The zero-order valence-electron chi connectivity index (χ0n) is 12.9. The van der Waals surface area contributed by atoms with Crippen LogP contribution >= 0.6 is 0 Å². The van der Waals surface area contributed by atoms with Crippen LogP contribution in [-0.4, -0.2) is 51.4 Å². The second-order valence-corrected chi connectivity index (χ2v) is 5.23. The summed E-state index contributed by atoms with van der Waals surface area (Å²) in [7, 11) is 3.44. The summed E-state index contributed by atoms with van der Waals surface area (Å²) < 4.78 is 0. The van der Waals surface area contributed by atoms with Crippen LogP contribution in [-0.2, 0) is 4.79 Å². The zero-order chi connectivity index (χ0) is 16.4. The lowest BCUT2D eigenvalue weighted by atomic mass is 10.1. The highest BCUT2D eigenvalue weighted by molar-refractivity contribution is 6.02. The van der Waals surface area contributed by atoms with Gasteiger partial charge in [-0.3, -0.25) is 4.79 Å². The first kappa shape index (κ1) is 14.8. The number of aromatic amines is 1. The molecule has 0 fully saturated rings. The van der Waals surface area contributed by atoms with Gasteiger partial charge in [-0.25, -0.2) is 15.0 Å². The smallest absolute Gasteiger partial charge is 0.241 e. The van der Waals surface area contributed by atoms with Crippen molar-refractivity contribution in [3.05, 3.63) is 30.7 Å². The number of carbonyl (C=O) groups is 1. The predicted octanol–water partition coefficient (Wildman–Crippen LogP) is 1.10. The minimum atomic E-state index is -0.0154. The maximum absolute atomic E-state index is 11.8. The van der Waals surface area contributed by atoms with Crippen LogP contribution in [0.3, 0.4) is 0 Å². The summed E-state index contributed by atoms with van der Waals surface area (Å²) in [5.74, 6) is 0.191. The van der Waals surface area contributed by atoms with Gasteiger partial charge in [-0.2, -0.15) is 0 Å². The average Bonchev–Trinajstić information content (AvgIpc) is 2.97. The number of anilines is 2. The highest BCUT2D eigenvalue weighted by Crippen LogP contribution is 2.31. The predicted molar refractivity (Wildman–Crippen MR) is 88.7 cm³/mol. The second-order valence-electron chi connectivity index (χ2n) is 5.23. The number of hydrogen-bond acceptors (Lipinski definition) is 6. The Hall–Kier alpha value is -3.16. The fraction of sp³-hybridized carbons (Fsp3) is 0.200. The Morgan fingerprint density at radius 1 is 1.30 bits per heavy atom. The van der Waals surface area contributed by atoms with Crippen molar-refractivity contribution in [3.63, 3.8) is 0 Å². The lowest BCUT2D eigenvalue weighted by Crippen LogP contribution is -2.28. The van der Waals surface area contributed by atoms with Gasteiger partial charge < -0.3 is 20.9 Å². The number of rotatable bonds is 4. The summed E-state index contributed by atoms with van der Waals surface area (Å²) in [5, 5.41) is 4.01. The third-order valence-corrected chi connectivity index (χ3v) is 3.45. The molecule has 8 nitrogen and oxygen atoms in total. The van der Waals surface area contributed by atoms with E-state index in [1.165, 1.54) is 4.90 Å². The first-order valence-corrected chi connectivity index (χ1v) is 7.05. The molecule has 0 aliphatic carbocycles. The van der Waals surface area contributed by atoms with E-state index in [9.17, 15) is 4.79 Å². The number of fused-ring (bicyclic) bond motifs is 1. The molecular weight excluding hydrogens is 294 g/mol. The summed E-state index contributed by atoms with van der Waals surface area (Å²) >= 11 is 0. The minimum Gasteiger partial charge on any atom is -0.375 e. The van der Waals surface area contributed by atoms with Crippen LogP contribution in [0.25, 0.3) is 22.3 Å². The maximum atomic E-state index is 11.8. The van der Waals surface area contributed by atoms with Crippen molar-refractivity contribution in [1.29, 1.82) is 0 Å². The Labute approximate surface area is 132 Å². The van der Waals surface area contributed by atoms with Crippen molar-refractivity contribution in [3.8, 4) is 11.3 Å². The van der Waals surface area contributed by atoms with Crippen molar-refractivity contribution in [2.45, 2.75) is 0 Å². The number of aromatic nitrogens is 4. The highest BCUT2D eigenvalue weighted by Gasteiger charge is 2.14. The van der Waals surface area contributed by atoms with Gasteiger partial charge in [0.25, 0.3) is 0 Å². The largest absolute Gasteiger partial charge is 0.375 e. The lowest BCUT2D eigenvalue weighted by Gasteiger charge is -2.12. The number of nitrogen functional groups attached to an aromatic ring is 1. The van der Waals surface area contributed by atoms with Crippen LogP contribution in [0.1, 0.15) is 0 Å². The molecule has 0 aliphatic rings. The normalized spacial score (nSPS) is 10.7. The minimum absolute atomic E-state index is 0.0154. The van der Waals surface area contributed by atoms with Crippen LogP contribution in [0.15, 0.2) is 30.7 Å². The second kappa shape index (κ2) is 5.91. The van der Waals surface area contributed by atoms with E-state index in [4.69, 9.17) is 5.73 Å². The number of nitrogens with one attached hydrogen (secondary N) is 2. The molecule has 3 aromatic heterocycles. The van der Waals surface area contributed by atoms with Gasteiger partial charge >= 0.3 is 0 Å². The molecule has 0 bridgehead atoms. The van der Waals surface area contributed by atoms with E-state index in [1.807, 2.05) is 12.3 Å². The number of carbonyl (C=O) groups excluding carboxylic acids is 1. The third kappa shape index (κ3) is 2.91. The van der Waals surface area contributed by atoms with Crippen molar-refractivity contribution in [1.82, 2.24) is 24.8 Å². The molecule has 0 atom stereocenters. The zero-order valence-corrected chi connectivity index (χ0v) is 12.9. The Balaban J connectivity index is 2.02. The van der Waals surface area contributed by atoms with Crippen molar-refractivity contribution < 1.29 is 4.79 Å². The van der Waals surface area contributed by atoms with E-state index in [-0.39, 0.29) is 18.4 Å². The lowest BCUT2D eigenvalue weighted by molar-refractivity contribution is -0.126. The molecule has 23 heavy (non-hydrogen) atoms. The van der Waals surface area contributed by atoms with Crippen LogP contribution in [0.5, 0.6) is 0 Å². The maximum Gasteiger partial charge on any atom is 0.241 e. The quantitative estimate of drug-likeness (QED) is 0.665. The number of nitrogens with two attached hydrogens (primary N) is 1. The van der Waals surface area contributed by atoms with E-state index >= 15 is 0 Å². The number of likely N-dealkylation sites (N-methyl/N-ethyl adjacent to an activating group) is 1. The van der Waals surface area contributed by atoms with Gasteiger partial charge in [0.05, 0.1) is 17.6 Å². The molecule has 3 aromatic rings. The molecule has 118 valence electrons. The van der Waals surface area contributed by atoms with E-state index < -0.39 is 0 Å². The highest BCUT2D eigenvalue weighted by atomic mass is 16.2. The molecule has 3 rings (SSSR count). The SMILES string of the molecule is CN(C)C(=O)CNc1ccnc2[nH]cc(-c3ccnc(N)n3)c12. The fourth-order valence-corrected chi connectivity index (χ4v) is 2.26. The Bertz CT molecular complexity index is 856. The van der Waals surface area contributed by atoms with Crippen molar-refractivity contribution in [2.24, 2.45) is 0 Å². The third-order valence-electron chi connectivity index (χ3n) is 3.45. The van der Waals surface area contributed by atoms with Gasteiger partial charge in [0, 0.05) is 43.9 Å². The van der Waals surface area contributed by atoms with Crippen LogP contribution < -0.4 is 11.1 Å². The Morgan fingerprint density at radius 3 is 2.83 bits per heavy atom. The molecule has 0 spiro atoms. The van der Waals surface area contributed by atoms with Gasteiger partial charge in [0.1, 0.15) is 5.65 Å². The molecule has 8 heteroatoms. The molecule has 0 radical (unpaired) electrons. The summed E-state index contributed by atoms with van der Waals surface area (Å²) in [6.45, 7) is 0.197. The summed E-state index contributed by atoms with van der Waals surface area (Å²) in [6.07, 6.45) is 5.10. The monoisotopic (exact) mass is 311 g/mol. The van der Waals surface area contributed by atoms with Crippen molar-refractivity contribution in [2.75, 3.05) is 31.7 Å². The van der Waals surface area contributed by atoms with E-state index in [0.717, 1.165) is 16.6 Å². The standard InChI is InChI=1S/C15H17N7O/c1-22(2)12(23)8-19-11-4-5-17-14-13(11)9(7-20-14)10-3-6-18-15(16)21-10/h3-7H,8H2,1-2H3,(H2,16,18,21)(H2,17,19,20). The topological polar surface area (TPSA) is 113 Å². The molecule has 4 N–H and O–H groups in total.